The Hall–Kier alpha value is -0.860. The van der Waals surface area contributed by atoms with Crippen LogP contribution in [0.15, 0.2) is 30.3 Å². The fourth-order valence-electron chi connectivity index (χ4n) is 3.65. The van der Waals surface area contributed by atoms with Crippen molar-refractivity contribution in [1.82, 2.24) is 4.90 Å². The summed E-state index contributed by atoms with van der Waals surface area (Å²) >= 11 is 0. The highest BCUT2D eigenvalue weighted by atomic mass is 16.3. The molecular weight excluding hydrogens is 246 g/mol. The lowest BCUT2D eigenvalue weighted by Crippen LogP contribution is -2.45. The summed E-state index contributed by atoms with van der Waals surface area (Å²) in [5, 5.41) is 9.75. The molecule has 0 aliphatic carbocycles. The minimum Gasteiger partial charge on any atom is -0.393 e. The molecule has 1 aromatic carbocycles. The summed E-state index contributed by atoms with van der Waals surface area (Å²) in [6.45, 7) is 6.46. The summed E-state index contributed by atoms with van der Waals surface area (Å²) in [6, 6.07) is 11.4. The van der Waals surface area contributed by atoms with Crippen LogP contribution in [0.4, 0.5) is 0 Å². The Kier molecular flexibility index (Phi) is 6.06. The van der Waals surface area contributed by atoms with Gasteiger partial charge in [-0.25, -0.2) is 0 Å². The van der Waals surface area contributed by atoms with Gasteiger partial charge in [-0.1, -0.05) is 43.7 Å². The van der Waals surface area contributed by atoms with E-state index in [1.54, 1.807) is 0 Å². The average molecular weight is 275 g/mol. The number of piperidine rings is 1. The van der Waals surface area contributed by atoms with Gasteiger partial charge >= 0.3 is 0 Å². The van der Waals surface area contributed by atoms with E-state index in [-0.39, 0.29) is 6.10 Å². The van der Waals surface area contributed by atoms with Crippen LogP contribution in [0.2, 0.25) is 0 Å². The van der Waals surface area contributed by atoms with Crippen molar-refractivity contribution in [3.8, 4) is 0 Å². The quantitative estimate of drug-likeness (QED) is 0.852. The smallest absolute Gasteiger partial charge is 0.0515 e. The zero-order valence-electron chi connectivity index (χ0n) is 13.0. The van der Waals surface area contributed by atoms with Crippen LogP contribution in [0.1, 0.15) is 51.5 Å². The summed E-state index contributed by atoms with van der Waals surface area (Å²) in [6.07, 6.45) is 5.81. The van der Waals surface area contributed by atoms with Gasteiger partial charge in [0.2, 0.25) is 0 Å². The molecule has 0 amide bonds. The van der Waals surface area contributed by atoms with Gasteiger partial charge in [0.1, 0.15) is 0 Å². The van der Waals surface area contributed by atoms with E-state index >= 15 is 0 Å². The van der Waals surface area contributed by atoms with Crippen LogP contribution in [0.5, 0.6) is 0 Å². The van der Waals surface area contributed by atoms with Gasteiger partial charge in [0.25, 0.3) is 0 Å². The minimum atomic E-state index is -0.170. The molecule has 2 heteroatoms. The Balaban J connectivity index is 2.04. The van der Waals surface area contributed by atoms with Crippen molar-refractivity contribution in [2.45, 2.75) is 64.6 Å². The summed E-state index contributed by atoms with van der Waals surface area (Å²) < 4.78 is 0. The first-order valence-electron chi connectivity index (χ1n) is 8.16. The fourth-order valence-corrected chi connectivity index (χ4v) is 3.65. The minimum absolute atomic E-state index is 0.170. The molecule has 1 aromatic rings. The number of benzene rings is 1. The maximum atomic E-state index is 9.75. The first kappa shape index (κ1) is 15.5. The zero-order chi connectivity index (χ0) is 14.4. The molecule has 112 valence electrons. The van der Waals surface area contributed by atoms with Crippen LogP contribution in [0.3, 0.4) is 0 Å². The molecule has 0 aromatic heterocycles. The highest BCUT2D eigenvalue weighted by Crippen LogP contribution is 2.31. The molecule has 2 nitrogen and oxygen atoms in total. The third kappa shape index (κ3) is 4.32. The lowest BCUT2D eigenvalue weighted by atomic mass is 9.82. The van der Waals surface area contributed by atoms with Gasteiger partial charge in [-0.3, -0.25) is 4.90 Å². The molecule has 20 heavy (non-hydrogen) atoms. The predicted octanol–water partition coefficient (Wildman–Crippen LogP) is 3.84. The topological polar surface area (TPSA) is 23.5 Å². The van der Waals surface area contributed by atoms with Crippen molar-refractivity contribution >= 4 is 0 Å². The molecule has 0 bridgehead atoms. The van der Waals surface area contributed by atoms with Gasteiger partial charge in [0, 0.05) is 12.6 Å². The van der Waals surface area contributed by atoms with Gasteiger partial charge in [-0.15, -0.1) is 0 Å². The molecule has 1 heterocycles. The van der Waals surface area contributed by atoms with E-state index in [1.807, 2.05) is 6.92 Å². The SMILES string of the molecule is CCC[C@H]1[C@H](CC(C)O)CCCN1Cc1ccccc1. The first-order valence-corrected chi connectivity index (χ1v) is 8.16. The van der Waals surface area contributed by atoms with Gasteiger partial charge in [0.05, 0.1) is 6.10 Å². The van der Waals surface area contributed by atoms with Crippen molar-refractivity contribution in [2.24, 2.45) is 5.92 Å². The molecule has 3 atom stereocenters. The van der Waals surface area contributed by atoms with E-state index in [9.17, 15) is 5.11 Å². The monoisotopic (exact) mass is 275 g/mol. The molecule has 1 N–H and O–H groups in total. The van der Waals surface area contributed by atoms with E-state index in [0.29, 0.717) is 12.0 Å². The largest absolute Gasteiger partial charge is 0.393 e. The number of aliphatic hydroxyl groups is 1. The number of aliphatic hydroxyl groups excluding tert-OH is 1. The zero-order valence-corrected chi connectivity index (χ0v) is 13.0. The second kappa shape index (κ2) is 7.80. The molecular formula is C18H29NO. The van der Waals surface area contributed by atoms with E-state index in [0.717, 1.165) is 13.0 Å². The van der Waals surface area contributed by atoms with E-state index in [4.69, 9.17) is 0 Å². The Bertz CT molecular complexity index is 376. The lowest BCUT2D eigenvalue weighted by molar-refractivity contribution is 0.0469. The van der Waals surface area contributed by atoms with Crippen LogP contribution in [-0.4, -0.2) is 28.7 Å². The maximum absolute atomic E-state index is 9.75. The number of nitrogens with zero attached hydrogens (tertiary/aromatic N) is 1. The molecule has 1 fully saturated rings. The van der Waals surface area contributed by atoms with Crippen molar-refractivity contribution in [3.05, 3.63) is 35.9 Å². The number of likely N-dealkylation sites (tertiary alicyclic amines) is 1. The Labute approximate surface area is 123 Å². The summed E-state index contributed by atoms with van der Waals surface area (Å²) in [5.41, 5.74) is 1.41. The summed E-state index contributed by atoms with van der Waals surface area (Å²) in [4.78, 5) is 2.65. The molecule has 1 saturated heterocycles. The number of hydrogen-bond acceptors (Lipinski definition) is 2. The standard InChI is InChI=1S/C18H29NO/c1-3-8-18-17(13-15(2)20)11-7-12-19(18)14-16-9-5-4-6-10-16/h4-6,9-10,15,17-18,20H,3,7-8,11-14H2,1-2H3/t15?,17-,18-/m0/s1. The van der Waals surface area contributed by atoms with E-state index < -0.39 is 0 Å². The molecule has 0 spiro atoms. The van der Waals surface area contributed by atoms with Gasteiger partial charge in [-0.2, -0.15) is 0 Å². The highest BCUT2D eigenvalue weighted by Gasteiger charge is 2.31. The fraction of sp³-hybridized carbons (Fsp3) is 0.667. The van der Waals surface area contributed by atoms with Crippen LogP contribution in [-0.2, 0) is 6.54 Å². The lowest BCUT2D eigenvalue weighted by Gasteiger charge is -2.42. The maximum Gasteiger partial charge on any atom is 0.0515 e. The van der Waals surface area contributed by atoms with E-state index in [1.165, 1.54) is 37.8 Å². The Morgan fingerprint density at radius 2 is 2.05 bits per heavy atom. The van der Waals surface area contributed by atoms with Gasteiger partial charge in [0.15, 0.2) is 0 Å². The number of rotatable bonds is 6. The average Bonchev–Trinajstić information content (AvgIpc) is 2.43. The predicted molar refractivity (Wildman–Crippen MR) is 84.6 cm³/mol. The molecule has 0 saturated carbocycles. The molecule has 1 aliphatic heterocycles. The van der Waals surface area contributed by atoms with Crippen molar-refractivity contribution in [1.29, 1.82) is 0 Å². The van der Waals surface area contributed by atoms with E-state index in [2.05, 4.69) is 42.2 Å². The highest BCUT2D eigenvalue weighted by molar-refractivity contribution is 5.14. The third-order valence-corrected chi connectivity index (χ3v) is 4.49. The number of hydrogen-bond donors (Lipinski definition) is 1. The van der Waals surface area contributed by atoms with Crippen molar-refractivity contribution in [2.75, 3.05) is 6.54 Å². The van der Waals surface area contributed by atoms with Crippen molar-refractivity contribution in [3.63, 3.8) is 0 Å². The Morgan fingerprint density at radius 1 is 1.30 bits per heavy atom. The third-order valence-electron chi connectivity index (χ3n) is 4.49. The normalized spacial score (nSPS) is 25.6. The van der Waals surface area contributed by atoms with Gasteiger partial charge < -0.3 is 5.11 Å². The second-order valence-corrected chi connectivity index (χ2v) is 6.30. The second-order valence-electron chi connectivity index (χ2n) is 6.30. The first-order chi connectivity index (χ1) is 9.70. The van der Waals surface area contributed by atoms with Crippen LogP contribution in [0.25, 0.3) is 0 Å². The van der Waals surface area contributed by atoms with Crippen LogP contribution in [0, 0.1) is 5.92 Å². The van der Waals surface area contributed by atoms with Crippen molar-refractivity contribution < 1.29 is 5.11 Å². The van der Waals surface area contributed by atoms with Crippen LogP contribution < -0.4 is 0 Å². The summed E-state index contributed by atoms with van der Waals surface area (Å²) in [7, 11) is 0. The van der Waals surface area contributed by atoms with Gasteiger partial charge in [-0.05, 0) is 50.6 Å². The summed E-state index contributed by atoms with van der Waals surface area (Å²) in [5.74, 6) is 0.660. The molecule has 2 rings (SSSR count). The molecule has 1 unspecified atom stereocenters. The van der Waals surface area contributed by atoms with Crippen LogP contribution >= 0.6 is 0 Å². The molecule has 0 radical (unpaired) electrons. The Morgan fingerprint density at radius 3 is 2.70 bits per heavy atom. The molecule has 1 aliphatic rings.